The van der Waals surface area contributed by atoms with E-state index in [0.29, 0.717) is 6.54 Å². The van der Waals surface area contributed by atoms with Gasteiger partial charge in [0.1, 0.15) is 5.01 Å². The Bertz CT molecular complexity index is 1090. The van der Waals surface area contributed by atoms with Crippen molar-refractivity contribution in [3.05, 3.63) is 59.8 Å². The standard InChI is InChI=1S/C22H26N6S/c1-22(2,3)17-7-4-14(5-8-17)10-18(23)13-24-21-28-27-20(29-21)15-6-9-19-16(11-15)12-25-26-19/h4-9,11-12,18H,10,13,23H2,1-3H3,(H,24,28)(H,25,26). The van der Waals surface area contributed by atoms with Gasteiger partial charge in [0, 0.05) is 23.5 Å². The Balaban J connectivity index is 1.34. The smallest absolute Gasteiger partial charge is 0.206 e. The highest BCUT2D eigenvalue weighted by Gasteiger charge is 2.14. The van der Waals surface area contributed by atoms with Crippen LogP contribution in [0.5, 0.6) is 0 Å². The van der Waals surface area contributed by atoms with Gasteiger partial charge in [-0.1, -0.05) is 56.4 Å². The maximum atomic E-state index is 6.33. The van der Waals surface area contributed by atoms with E-state index in [-0.39, 0.29) is 11.5 Å². The minimum atomic E-state index is 0.00474. The number of hydrogen-bond donors (Lipinski definition) is 3. The minimum Gasteiger partial charge on any atom is -0.359 e. The summed E-state index contributed by atoms with van der Waals surface area (Å²) < 4.78 is 0. The molecule has 6 nitrogen and oxygen atoms in total. The highest BCUT2D eigenvalue weighted by molar-refractivity contribution is 7.18. The molecule has 150 valence electrons. The number of anilines is 1. The zero-order valence-corrected chi connectivity index (χ0v) is 17.8. The predicted molar refractivity (Wildman–Crippen MR) is 120 cm³/mol. The summed E-state index contributed by atoms with van der Waals surface area (Å²) in [6, 6.07) is 14.9. The molecule has 0 radical (unpaired) electrons. The van der Waals surface area contributed by atoms with Crippen molar-refractivity contribution >= 4 is 27.4 Å². The second-order valence-electron chi connectivity index (χ2n) is 8.38. The van der Waals surface area contributed by atoms with E-state index in [1.54, 1.807) is 0 Å². The first-order chi connectivity index (χ1) is 13.9. The van der Waals surface area contributed by atoms with Crippen LogP contribution in [0.25, 0.3) is 21.5 Å². The van der Waals surface area contributed by atoms with E-state index in [4.69, 9.17) is 5.73 Å². The molecule has 2 heterocycles. The van der Waals surface area contributed by atoms with E-state index in [0.717, 1.165) is 33.0 Å². The molecule has 4 N–H and O–H groups in total. The molecule has 7 heteroatoms. The molecule has 1 unspecified atom stereocenters. The minimum absolute atomic E-state index is 0.00474. The van der Waals surface area contributed by atoms with Gasteiger partial charge in [-0.2, -0.15) is 5.10 Å². The lowest BCUT2D eigenvalue weighted by Crippen LogP contribution is -2.31. The first-order valence-corrected chi connectivity index (χ1v) is 10.6. The van der Waals surface area contributed by atoms with E-state index >= 15 is 0 Å². The van der Waals surface area contributed by atoms with Crippen LogP contribution in [0.4, 0.5) is 5.13 Å². The Kier molecular flexibility index (Phi) is 5.34. The van der Waals surface area contributed by atoms with Crippen LogP contribution in [0.3, 0.4) is 0 Å². The van der Waals surface area contributed by atoms with Crippen molar-refractivity contribution in [1.82, 2.24) is 20.4 Å². The molecule has 0 spiro atoms. The molecule has 0 fully saturated rings. The fourth-order valence-electron chi connectivity index (χ4n) is 3.22. The molecule has 1 atom stereocenters. The fraction of sp³-hybridized carbons (Fsp3) is 0.318. The molecule has 4 rings (SSSR count). The molecule has 2 aromatic heterocycles. The van der Waals surface area contributed by atoms with Crippen LogP contribution >= 0.6 is 11.3 Å². The average molecular weight is 407 g/mol. The van der Waals surface area contributed by atoms with Crippen LogP contribution in [0.1, 0.15) is 31.9 Å². The van der Waals surface area contributed by atoms with E-state index in [1.165, 1.54) is 22.5 Å². The van der Waals surface area contributed by atoms with E-state index in [9.17, 15) is 0 Å². The normalized spacial score (nSPS) is 13.0. The average Bonchev–Trinajstić information content (AvgIpc) is 3.35. The Labute approximate surface area is 174 Å². The second kappa shape index (κ2) is 7.93. The largest absolute Gasteiger partial charge is 0.359 e. The van der Waals surface area contributed by atoms with Crippen LogP contribution in [0, 0.1) is 0 Å². The molecule has 0 saturated carbocycles. The number of benzene rings is 2. The van der Waals surface area contributed by atoms with Gasteiger partial charge in [-0.25, -0.2) is 0 Å². The van der Waals surface area contributed by atoms with Crippen molar-refractivity contribution in [2.24, 2.45) is 5.73 Å². The second-order valence-corrected chi connectivity index (χ2v) is 9.35. The highest BCUT2D eigenvalue weighted by Crippen LogP contribution is 2.28. The predicted octanol–water partition coefficient (Wildman–Crippen LogP) is 4.36. The first kappa shape index (κ1) is 19.5. The maximum absolute atomic E-state index is 6.33. The lowest BCUT2D eigenvalue weighted by Gasteiger charge is -2.19. The number of nitrogens with one attached hydrogen (secondary N) is 2. The van der Waals surface area contributed by atoms with Crippen molar-refractivity contribution in [2.45, 2.75) is 38.6 Å². The number of fused-ring (bicyclic) bond motifs is 1. The van der Waals surface area contributed by atoms with Crippen molar-refractivity contribution in [2.75, 3.05) is 11.9 Å². The summed E-state index contributed by atoms with van der Waals surface area (Å²) in [5, 5.41) is 21.6. The van der Waals surface area contributed by atoms with Crippen LogP contribution in [0.15, 0.2) is 48.7 Å². The molecular formula is C22H26N6S. The summed E-state index contributed by atoms with van der Waals surface area (Å²) in [4.78, 5) is 0. The van der Waals surface area contributed by atoms with Crippen molar-refractivity contribution in [3.8, 4) is 10.6 Å². The van der Waals surface area contributed by atoms with Gasteiger partial charge in [0.15, 0.2) is 0 Å². The summed E-state index contributed by atoms with van der Waals surface area (Å²) in [5.74, 6) is 0. The monoisotopic (exact) mass is 406 g/mol. The summed E-state index contributed by atoms with van der Waals surface area (Å²) >= 11 is 1.53. The quantitative estimate of drug-likeness (QED) is 0.442. The van der Waals surface area contributed by atoms with Gasteiger partial charge in [-0.3, -0.25) is 5.10 Å². The summed E-state index contributed by atoms with van der Waals surface area (Å²) in [5.41, 5.74) is 11.1. The van der Waals surface area contributed by atoms with Gasteiger partial charge < -0.3 is 11.1 Å². The van der Waals surface area contributed by atoms with E-state index in [2.05, 4.69) is 76.8 Å². The van der Waals surface area contributed by atoms with Gasteiger partial charge >= 0.3 is 0 Å². The zero-order chi connectivity index (χ0) is 20.4. The van der Waals surface area contributed by atoms with Gasteiger partial charge in [-0.05, 0) is 41.2 Å². The Morgan fingerprint density at radius 2 is 1.90 bits per heavy atom. The fourth-order valence-corrected chi connectivity index (χ4v) is 3.97. The first-order valence-electron chi connectivity index (χ1n) is 9.74. The van der Waals surface area contributed by atoms with Crippen LogP contribution in [0.2, 0.25) is 0 Å². The molecule has 0 saturated heterocycles. The lowest BCUT2D eigenvalue weighted by atomic mass is 9.86. The number of H-pyrrole nitrogens is 1. The number of aromatic amines is 1. The molecule has 29 heavy (non-hydrogen) atoms. The van der Waals surface area contributed by atoms with Gasteiger partial charge in [0.25, 0.3) is 0 Å². The van der Waals surface area contributed by atoms with Crippen LogP contribution in [-0.2, 0) is 11.8 Å². The molecule has 0 bridgehead atoms. The third-order valence-electron chi connectivity index (χ3n) is 4.95. The van der Waals surface area contributed by atoms with Crippen LogP contribution in [-0.4, -0.2) is 33.0 Å². The Hall–Kier alpha value is -2.77. The van der Waals surface area contributed by atoms with Crippen molar-refractivity contribution in [3.63, 3.8) is 0 Å². The molecule has 0 amide bonds. The Morgan fingerprint density at radius 3 is 2.66 bits per heavy atom. The number of hydrogen-bond acceptors (Lipinski definition) is 6. The van der Waals surface area contributed by atoms with E-state index in [1.807, 2.05) is 18.3 Å². The summed E-state index contributed by atoms with van der Waals surface area (Å²) in [7, 11) is 0. The number of rotatable bonds is 6. The summed E-state index contributed by atoms with van der Waals surface area (Å²) in [6.07, 6.45) is 2.63. The van der Waals surface area contributed by atoms with Crippen LogP contribution < -0.4 is 11.1 Å². The molecule has 2 aromatic carbocycles. The third kappa shape index (κ3) is 4.63. The Morgan fingerprint density at radius 1 is 1.10 bits per heavy atom. The molecule has 4 aromatic rings. The van der Waals surface area contributed by atoms with Gasteiger partial charge in [0.2, 0.25) is 5.13 Å². The van der Waals surface area contributed by atoms with Crippen molar-refractivity contribution in [1.29, 1.82) is 0 Å². The van der Waals surface area contributed by atoms with Crippen molar-refractivity contribution < 1.29 is 0 Å². The molecule has 0 aliphatic carbocycles. The number of nitrogens with zero attached hydrogens (tertiary/aromatic N) is 3. The topological polar surface area (TPSA) is 92.5 Å². The molecule has 0 aliphatic heterocycles. The lowest BCUT2D eigenvalue weighted by molar-refractivity contribution is 0.589. The van der Waals surface area contributed by atoms with Gasteiger partial charge in [0.05, 0.1) is 11.7 Å². The molecular weight excluding hydrogens is 380 g/mol. The SMILES string of the molecule is CC(C)(C)c1ccc(CC(N)CNc2nnc(-c3ccc4[nH]ncc4c3)s2)cc1. The number of aromatic nitrogens is 4. The van der Waals surface area contributed by atoms with Gasteiger partial charge in [-0.15, -0.1) is 10.2 Å². The third-order valence-corrected chi connectivity index (χ3v) is 5.88. The maximum Gasteiger partial charge on any atom is 0.206 e. The number of nitrogens with two attached hydrogens (primary N) is 1. The summed E-state index contributed by atoms with van der Waals surface area (Å²) in [6.45, 7) is 7.32. The zero-order valence-electron chi connectivity index (χ0n) is 16.9. The highest BCUT2D eigenvalue weighted by atomic mass is 32.1. The molecule has 0 aliphatic rings. The van der Waals surface area contributed by atoms with E-state index < -0.39 is 0 Å².